The molecule has 1 aromatic heterocycles. The summed E-state index contributed by atoms with van der Waals surface area (Å²) in [5.41, 5.74) is 3.61. The lowest BCUT2D eigenvalue weighted by Crippen LogP contribution is -2.39. The number of carbonyl (C=O) groups excluding carboxylic acids is 2. The summed E-state index contributed by atoms with van der Waals surface area (Å²) in [6.07, 6.45) is 2.81. The molecule has 1 aromatic carbocycles. The maximum atomic E-state index is 13.3. The molecule has 2 heterocycles. The lowest BCUT2D eigenvalue weighted by Gasteiger charge is -2.39. The van der Waals surface area contributed by atoms with Gasteiger partial charge in [-0.25, -0.2) is 4.39 Å². The molecule has 1 atom stereocenters. The lowest BCUT2D eigenvalue weighted by atomic mass is 9.69. The van der Waals surface area contributed by atoms with Gasteiger partial charge in [0, 0.05) is 40.8 Å². The first-order valence-corrected chi connectivity index (χ1v) is 9.97. The van der Waals surface area contributed by atoms with Crippen LogP contribution in [-0.4, -0.2) is 16.7 Å². The molecule has 1 aliphatic carbocycles. The van der Waals surface area contributed by atoms with Gasteiger partial charge in [0.25, 0.3) is 5.91 Å². The summed E-state index contributed by atoms with van der Waals surface area (Å²) < 4.78 is 13.2. The number of anilines is 1. The highest BCUT2D eigenvalue weighted by atomic mass is 19.1. The van der Waals surface area contributed by atoms with E-state index in [4.69, 9.17) is 0 Å². The Morgan fingerprint density at radius 1 is 1.17 bits per heavy atom. The zero-order valence-corrected chi connectivity index (χ0v) is 17.3. The van der Waals surface area contributed by atoms with Crippen LogP contribution in [0.5, 0.6) is 0 Å². The second-order valence-corrected chi connectivity index (χ2v) is 8.65. The number of rotatable bonds is 3. The van der Waals surface area contributed by atoms with Crippen molar-refractivity contribution in [3.63, 3.8) is 0 Å². The molecule has 2 aromatic rings. The van der Waals surface area contributed by atoms with Crippen molar-refractivity contribution >= 4 is 17.4 Å². The molecule has 2 N–H and O–H groups in total. The fourth-order valence-corrected chi connectivity index (χ4v) is 4.31. The summed E-state index contributed by atoms with van der Waals surface area (Å²) in [6.45, 7) is 5.98. The number of benzene rings is 1. The number of halogens is 1. The van der Waals surface area contributed by atoms with Crippen LogP contribution in [0, 0.1) is 11.2 Å². The van der Waals surface area contributed by atoms with Crippen LogP contribution in [0.25, 0.3) is 0 Å². The predicted molar refractivity (Wildman–Crippen MR) is 113 cm³/mol. The van der Waals surface area contributed by atoms with E-state index in [0.29, 0.717) is 34.6 Å². The van der Waals surface area contributed by atoms with Gasteiger partial charge in [0.05, 0.1) is 11.6 Å². The number of aromatic nitrogens is 1. The van der Waals surface area contributed by atoms with Gasteiger partial charge >= 0.3 is 0 Å². The Balaban J connectivity index is 1.78. The van der Waals surface area contributed by atoms with Gasteiger partial charge in [-0.1, -0.05) is 19.9 Å². The van der Waals surface area contributed by atoms with Crippen molar-refractivity contribution in [2.24, 2.45) is 5.41 Å². The average Bonchev–Trinajstić information content (AvgIpc) is 2.68. The molecule has 1 amide bonds. The first-order chi connectivity index (χ1) is 14.2. The second-order valence-electron chi connectivity index (χ2n) is 8.65. The van der Waals surface area contributed by atoms with E-state index >= 15 is 0 Å². The second kappa shape index (κ2) is 7.52. The molecule has 0 spiro atoms. The van der Waals surface area contributed by atoms with Gasteiger partial charge in [-0.15, -0.1) is 0 Å². The molecular weight excluding hydrogens is 381 g/mol. The van der Waals surface area contributed by atoms with Gasteiger partial charge in [-0.2, -0.15) is 0 Å². The zero-order valence-electron chi connectivity index (χ0n) is 17.3. The van der Waals surface area contributed by atoms with Gasteiger partial charge in [0.2, 0.25) is 0 Å². The molecule has 1 aliphatic heterocycles. The molecule has 30 heavy (non-hydrogen) atoms. The van der Waals surface area contributed by atoms with E-state index < -0.39 is 5.92 Å². The van der Waals surface area contributed by atoms with E-state index in [-0.39, 0.29) is 22.9 Å². The Morgan fingerprint density at radius 2 is 1.90 bits per heavy atom. The van der Waals surface area contributed by atoms with Gasteiger partial charge in [0.1, 0.15) is 5.82 Å². The molecule has 0 saturated heterocycles. The number of nitrogens with one attached hydrogen (secondary N) is 2. The molecule has 0 saturated carbocycles. The maximum Gasteiger partial charge on any atom is 0.254 e. The van der Waals surface area contributed by atoms with Gasteiger partial charge in [-0.3, -0.25) is 14.6 Å². The quantitative estimate of drug-likeness (QED) is 0.791. The van der Waals surface area contributed by atoms with Crippen LogP contribution in [0.4, 0.5) is 10.1 Å². The Labute approximate surface area is 175 Å². The van der Waals surface area contributed by atoms with E-state index in [0.717, 1.165) is 12.1 Å². The number of pyridine rings is 1. The van der Waals surface area contributed by atoms with E-state index in [1.807, 2.05) is 19.1 Å². The van der Waals surface area contributed by atoms with Crippen molar-refractivity contribution in [3.05, 3.63) is 82.7 Å². The molecule has 0 radical (unpaired) electrons. The lowest BCUT2D eigenvalue weighted by molar-refractivity contribution is -0.118. The van der Waals surface area contributed by atoms with Crippen LogP contribution < -0.4 is 10.6 Å². The third-order valence-electron chi connectivity index (χ3n) is 5.57. The Morgan fingerprint density at radius 3 is 2.57 bits per heavy atom. The van der Waals surface area contributed by atoms with Crippen LogP contribution in [-0.2, 0) is 9.59 Å². The summed E-state index contributed by atoms with van der Waals surface area (Å²) in [5, 5.41) is 6.15. The van der Waals surface area contributed by atoms with Gasteiger partial charge in [0.15, 0.2) is 5.78 Å². The molecule has 6 heteroatoms. The average molecular weight is 405 g/mol. The number of allylic oxidation sites excluding steroid dienone is 3. The number of amides is 1. The summed E-state index contributed by atoms with van der Waals surface area (Å²) in [6, 6.07) is 11.1. The fraction of sp³-hybridized carbons (Fsp3) is 0.292. The fourth-order valence-electron chi connectivity index (χ4n) is 4.31. The normalized spacial score (nSPS) is 20.5. The number of ketones is 1. The molecule has 154 valence electrons. The van der Waals surface area contributed by atoms with E-state index in [1.165, 1.54) is 24.3 Å². The van der Waals surface area contributed by atoms with E-state index in [1.54, 1.807) is 12.3 Å². The number of Topliss-reactive ketones (excluding diaryl/α,β-unsaturated/α-hetero) is 1. The monoisotopic (exact) mass is 405 g/mol. The van der Waals surface area contributed by atoms with Crippen molar-refractivity contribution in [1.82, 2.24) is 10.3 Å². The minimum Gasteiger partial charge on any atom is -0.362 e. The highest BCUT2D eigenvalue weighted by Gasteiger charge is 2.43. The number of dihydropyridines is 1. The summed E-state index contributed by atoms with van der Waals surface area (Å²) in [4.78, 5) is 30.9. The third-order valence-corrected chi connectivity index (χ3v) is 5.57. The predicted octanol–water partition coefficient (Wildman–Crippen LogP) is 4.46. The molecular formula is C24H24FN3O2. The summed E-state index contributed by atoms with van der Waals surface area (Å²) in [7, 11) is 0. The largest absolute Gasteiger partial charge is 0.362 e. The summed E-state index contributed by atoms with van der Waals surface area (Å²) in [5.74, 6) is -1.23. The van der Waals surface area contributed by atoms with Crippen LogP contribution in [0.2, 0.25) is 0 Å². The molecule has 0 fully saturated rings. The summed E-state index contributed by atoms with van der Waals surface area (Å²) >= 11 is 0. The zero-order chi connectivity index (χ0) is 21.5. The van der Waals surface area contributed by atoms with Crippen LogP contribution >= 0.6 is 0 Å². The minimum absolute atomic E-state index is 0.0315. The standard InChI is InChI=1S/C24H24FN3O2/c1-14-20(23(30)28-16-9-7-15(25)8-10-16)22(17-6-4-5-11-26-17)21-18(27-14)12-24(2,3)13-19(21)29/h4-11,22,27H,12-13H2,1-3H3,(H,28,30)/t22-/m0/s1. The molecule has 2 aliphatic rings. The highest BCUT2D eigenvalue weighted by Crippen LogP contribution is 2.46. The van der Waals surface area contributed by atoms with Gasteiger partial charge in [-0.05, 0) is 55.2 Å². The smallest absolute Gasteiger partial charge is 0.254 e. The first kappa shape index (κ1) is 20.0. The van der Waals surface area contributed by atoms with E-state index in [2.05, 4.69) is 29.5 Å². The molecule has 0 unspecified atom stereocenters. The van der Waals surface area contributed by atoms with E-state index in [9.17, 15) is 14.0 Å². The molecule has 0 bridgehead atoms. The van der Waals surface area contributed by atoms with Crippen LogP contribution in [0.1, 0.15) is 45.2 Å². The highest BCUT2D eigenvalue weighted by molar-refractivity contribution is 6.09. The van der Waals surface area contributed by atoms with Crippen molar-refractivity contribution < 1.29 is 14.0 Å². The maximum absolute atomic E-state index is 13.3. The number of hydrogen-bond donors (Lipinski definition) is 2. The van der Waals surface area contributed by atoms with Crippen LogP contribution in [0.3, 0.4) is 0 Å². The number of nitrogens with zero attached hydrogens (tertiary/aromatic N) is 1. The number of hydrogen-bond acceptors (Lipinski definition) is 4. The van der Waals surface area contributed by atoms with Gasteiger partial charge < -0.3 is 10.6 Å². The first-order valence-electron chi connectivity index (χ1n) is 9.97. The third kappa shape index (κ3) is 3.77. The Bertz CT molecular complexity index is 1070. The molecule has 5 nitrogen and oxygen atoms in total. The number of carbonyl (C=O) groups is 2. The molecule has 4 rings (SSSR count). The topological polar surface area (TPSA) is 71.1 Å². The SMILES string of the molecule is CC1=C(C(=O)Nc2ccc(F)cc2)[C@H](c2ccccn2)C2=C(CC(C)(C)CC2=O)N1. The van der Waals surface area contributed by atoms with Crippen molar-refractivity contribution in [2.45, 2.75) is 39.5 Å². The Hall–Kier alpha value is -3.28. The van der Waals surface area contributed by atoms with Crippen molar-refractivity contribution in [3.8, 4) is 0 Å². The van der Waals surface area contributed by atoms with Crippen molar-refractivity contribution in [2.75, 3.05) is 5.32 Å². The minimum atomic E-state index is -0.550. The van der Waals surface area contributed by atoms with Crippen molar-refractivity contribution in [1.29, 1.82) is 0 Å². The Kier molecular flexibility index (Phi) is 5.02. The van der Waals surface area contributed by atoms with Crippen LogP contribution in [0.15, 0.2) is 71.2 Å².